The molecule has 1 aromatic rings. The van der Waals surface area contributed by atoms with E-state index in [4.69, 9.17) is 0 Å². The zero-order valence-corrected chi connectivity index (χ0v) is 12.1. The van der Waals surface area contributed by atoms with E-state index in [1.807, 2.05) is 6.07 Å². The average molecular weight is 329 g/mol. The summed E-state index contributed by atoms with van der Waals surface area (Å²) in [4.78, 5) is 25.3. The summed E-state index contributed by atoms with van der Waals surface area (Å²) >= 11 is 5.04. The molecule has 0 bridgehead atoms. The lowest BCUT2D eigenvalue weighted by atomic mass is 10.2. The average Bonchev–Trinajstić information content (AvgIpc) is 2.89. The van der Waals surface area contributed by atoms with Gasteiger partial charge in [0.15, 0.2) is 0 Å². The number of amides is 2. The van der Waals surface area contributed by atoms with Crippen molar-refractivity contribution < 1.29 is 9.59 Å². The Kier molecular flexibility index (Phi) is 4.66. The highest BCUT2D eigenvalue weighted by Gasteiger charge is 2.18. The molecule has 0 atom stereocenters. The minimum Gasteiger partial charge on any atom is -0.343 e. The molecule has 1 aliphatic heterocycles. The maximum atomic E-state index is 11.8. The molecule has 1 heterocycles. The molecule has 6 heteroatoms. The van der Waals surface area contributed by atoms with Crippen molar-refractivity contribution in [3.63, 3.8) is 0 Å². The Balaban J connectivity index is 1.86. The number of nitrogens with zero attached hydrogens (tertiary/aromatic N) is 1. The Bertz CT molecular complexity index is 461. The van der Waals surface area contributed by atoms with Crippen molar-refractivity contribution in [2.75, 3.05) is 24.7 Å². The van der Waals surface area contributed by atoms with Gasteiger partial charge in [0.25, 0.3) is 5.91 Å². The van der Waals surface area contributed by atoms with Crippen LogP contribution in [-0.4, -0.2) is 41.4 Å². The summed E-state index contributed by atoms with van der Waals surface area (Å²) < 4.78 is 0.845. The molecule has 2 amide bonds. The van der Waals surface area contributed by atoms with Crippen molar-refractivity contribution in [2.24, 2.45) is 0 Å². The third kappa shape index (κ3) is 3.49. The van der Waals surface area contributed by atoms with Crippen LogP contribution in [0.15, 0.2) is 28.7 Å². The number of nitrogens with one attached hydrogen (secondary N) is 1. The van der Waals surface area contributed by atoms with E-state index in [-0.39, 0.29) is 18.4 Å². The van der Waals surface area contributed by atoms with Gasteiger partial charge in [-0.05, 0) is 18.2 Å². The zero-order valence-electron chi connectivity index (χ0n) is 9.69. The summed E-state index contributed by atoms with van der Waals surface area (Å²) in [6, 6.07) is 7.09. The van der Waals surface area contributed by atoms with Crippen LogP contribution in [0.2, 0.25) is 0 Å². The Labute approximate surface area is 118 Å². The first-order chi connectivity index (χ1) is 8.66. The van der Waals surface area contributed by atoms with Crippen molar-refractivity contribution in [3.05, 3.63) is 34.3 Å². The third-order valence-electron chi connectivity index (χ3n) is 2.59. The summed E-state index contributed by atoms with van der Waals surface area (Å²) in [6.07, 6.45) is 0. The maximum Gasteiger partial charge on any atom is 0.251 e. The lowest BCUT2D eigenvalue weighted by molar-refractivity contribution is -0.128. The molecule has 0 aromatic heterocycles. The molecule has 2 rings (SSSR count). The van der Waals surface area contributed by atoms with Crippen LogP contribution in [0, 0.1) is 0 Å². The van der Waals surface area contributed by atoms with E-state index in [1.54, 1.807) is 34.9 Å². The highest BCUT2D eigenvalue weighted by atomic mass is 79.9. The van der Waals surface area contributed by atoms with Crippen LogP contribution >= 0.6 is 27.7 Å². The molecule has 1 N–H and O–H groups in total. The molecule has 4 nitrogen and oxygen atoms in total. The van der Waals surface area contributed by atoms with Gasteiger partial charge < -0.3 is 10.2 Å². The van der Waals surface area contributed by atoms with Gasteiger partial charge in [0.2, 0.25) is 5.91 Å². The highest BCUT2D eigenvalue weighted by Crippen LogP contribution is 2.13. The van der Waals surface area contributed by atoms with Gasteiger partial charge >= 0.3 is 0 Å². The molecule has 0 saturated carbocycles. The predicted molar refractivity (Wildman–Crippen MR) is 75.5 cm³/mol. The normalized spacial score (nSPS) is 14.6. The molecule has 0 aliphatic carbocycles. The van der Waals surface area contributed by atoms with Crippen LogP contribution in [-0.2, 0) is 4.79 Å². The van der Waals surface area contributed by atoms with E-state index >= 15 is 0 Å². The summed E-state index contributed by atoms with van der Waals surface area (Å²) in [5.41, 5.74) is 0.549. The zero-order chi connectivity index (χ0) is 13.0. The summed E-state index contributed by atoms with van der Waals surface area (Å²) in [5.74, 6) is 1.46. The number of hydrogen-bond acceptors (Lipinski definition) is 3. The maximum absolute atomic E-state index is 11.8. The topological polar surface area (TPSA) is 49.4 Å². The van der Waals surface area contributed by atoms with Crippen LogP contribution in [0.25, 0.3) is 0 Å². The molecule has 18 heavy (non-hydrogen) atoms. The molecular weight excluding hydrogens is 316 g/mol. The number of hydrogen-bond donors (Lipinski definition) is 1. The number of rotatable bonds is 3. The first-order valence-corrected chi connectivity index (χ1v) is 7.51. The molecule has 1 aliphatic rings. The first kappa shape index (κ1) is 13.4. The quantitative estimate of drug-likeness (QED) is 0.919. The Hall–Kier alpha value is -1.01. The monoisotopic (exact) mass is 328 g/mol. The van der Waals surface area contributed by atoms with Crippen molar-refractivity contribution >= 4 is 39.5 Å². The molecule has 1 aromatic carbocycles. The first-order valence-electron chi connectivity index (χ1n) is 5.56. The van der Waals surface area contributed by atoms with E-state index in [2.05, 4.69) is 21.2 Å². The fraction of sp³-hybridized carbons (Fsp3) is 0.333. The summed E-state index contributed by atoms with van der Waals surface area (Å²) in [7, 11) is 0. The van der Waals surface area contributed by atoms with Crippen molar-refractivity contribution in [2.45, 2.75) is 0 Å². The fourth-order valence-electron chi connectivity index (χ4n) is 1.61. The highest BCUT2D eigenvalue weighted by molar-refractivity contribution is 9.10. The standard InChI is InChI=1S/C12H13BrN2O2S/c13-10-3-1-2-9(6-10)12(17)14-7-11(16)15-4-5-18-8-15/h1-3,6H,4-5,7-8H2,(H,14,17). The Morgan fingerprint density at radius 1 is 1.44 bits per heavy atom. The second kappa shape index (κ2) is 6.24. The SMILES string of the molecule is O=C(NCC(=O)N1CCSC1)c1cccc(Br)c1. The van der Waals surface area contributed by atoms with E-state index in [9.17, 15) is 9.59 Å². The van der Waals surface area contributed by atoms with E-state index in [1.165, 1.54) is 0 Å². The minimum atomic E-state index is -0.225. The fourth-order valence-corrected chi connectivity index (χ4v) is 2.98. The summed E-state index contributed by atoms with van der Waals surface area (Å²) in [6.45, 7) is 0.835. The van der Waals surface area contributed by atoms with Gasteiger partial charge in [-0.15, -0.1) is 11.8 Å². The van der Waals surface area contributed by atoms with Gasteiger partial charge in [0.1, 0.15) is 0 Å². The number of carbonyl (C=O) groups is 2. The lowest BCUT2D eigenvalue weighted by Gasteiger charge is -2.14. The van der Waals surface area contributed by atoms with Crippen LogP contribution in [0.5, 0.6) is 0 Å². The number of halogens is 1. The number of carbonyl (C=O) groups excluding carboxylic acids is 2. The van der Waals surface area contributed by atoms with E-state index in [0.29, 0.717) is 5.56 Å². The molecule has 1 fully saturated rings. The second-order valence-electron chi connectivity index (χ2n) is 3.89. The van der Waals surface area contributed by atoms with Crippen LogP contribution in [0.3, 0.4) is 0 Å². The van der Waals surface area contributed by atoms with Crippen molar-refractivity contribution in [3.8, 4) is 0 Å². The molecular formula is C12H13BrN2O2S. The molecule has 0 radical (unpaired) electrons. The molecule has 0 unspecified atom stereocenters. The number of benzene rings is 1. The Morgan fingerprint density at radius 3 is 2.94 bits per heavy atom. The van der Waals surface area contributed by atoms with Crippen LogP contribution in [0.1, 0.15) is 10.4 Å². The minimum absolute atomic E-state index is 0.0247. The van der Waals surface area contributed by atoms with Crippen LogP contribution in [0.4, 0.5) is 0 Å². The van der Waals surface area contributed by atoms with Crippen molar-refractivity contribution in [1.82, 2.24) is 10.2 Å². The molecule has 96 valence electrons. The second-order valence-corrected chi connectivity index (χ2v) is 5.88. The largest absolute Gasteiger partial charge is 0.343 e. The lowest BCUT2D eigenvalue weighted by Crippen LogP contribution is -2.38. The van der Waals surface area contributed by atoms with Gasteiger partial charge in [-0.1, -0.05) is 22.0 Å². The Morgan fingerprint density at radius 2 is 2.28 bits per heavy atom. The van der Waals surface area contributed by atoms with Gasteiger partial charge in [-0.2, -0.15) is 0 Å². The van der Waals surface area contributed by atoms with E-state index in [0.717, 1.165) is 22.6 Å². The van der Waals surface area contributed by atoms with E-state index < -0.39 is 0 Å². The molecule has 0 spiro atoms. The number of thioether (sulfide) groups is 1. The smallest absolute Gasteiger partial charge is 0.251 e. The molecule has 1 saturated heterocycles. The van der Waals surface area contributed by atoms with Gasteiger partial charge in [0.05, 0.1) is 12.4 Å². The summed E-state index contributed by atoms with van der Waals surface area (Å²) in [5, 5.41) is 2.64. The third-order valence-corrected chi connectivity index (χ3v) is 4.05. The predicted octanol–water partition coefficient (Wildman–Crippen LogP) is 1.71. The van der Waals surface area contributed by atoms with Gasteiger partial charge in [-0.25, -0.2) is 0 Å². The van der Waals surface area contributed by atoms with Crippen LogP contribution < -0.4 is 5.32 Å². The van der Waals surface area contributed by atoms with Gasteiger partial charge in [0, 0.05) is 22.3 Å². The van der Waals surface area contributed by atoms with Gasteiger partial charge in [-0.3, -0.25) is 9.59 Å². The van der Waals surface area contributed by atoms with Crippen molar-refractivity contribution in [1.29, 1.82) is 0 Å².